The summed E-state index contributed by atoms with van der Waals surface area (Å²) in [6.07, 6.45) is 0. The molecule has 0 saturated heterocycles. The van der Waals surface area contributed by atoms with Crippen molar-refractivity contribution in [3.63, 3.8) is 0 Å². The van der Waals surface area contributed by atoms with Crippen molar-refractivity contribution in [2.45, 2.75) is 23.8 Å². The second kappa shape index (κ2) is 4.22. The molecule has 2 nitrogen and oxygen atoms in total. The third-order valence-corrected chi connectivity index (χ3v) is 1.93. The molecular formula is C6H12INO. The zero-order chi connectivity index (χ0) is 7.44. The molecular weight excluding hydrogens is 229 g/mol. The van der Waals surface area contributed by atoms with Gasteiger partial charge in [-0.2, -0.15) is 0 Å². The predicted octanol–water partition coefficient (Wildman–Crippen LogP) is 0.987. The van der Waals surface area contributed by atoms with E-state index in [9.17, 15) is 4.79 Å². The average molecular weight is 241 g/mol. The summed E-state index contributed by atoms with van der Waals surface area (Å²) < 4.78 is 0.366. The van der Waals surface area contributed by atoms with Gasteiger partial charge in [-0.15, -0.1) is 0 Å². The Labute approximate surface area is 69.5 Å². The van der Waals surface area contributed by atoms with Crippen LogP contribution in [0.5, 0.6) is 0 Å². The van der Waals surface area contributed by atoms with Crippen molar-refractivity contribution >= 4 is 28.4 Å². The first-order valence-electron chi connectivity index (χ1n) is 2.91. The van der Waals surface area contributed by atoms with E-state index in [-0.39, 0.29) is 11.8 Å². The lowest BCUT2D eigenvalue weighted by Crippen LogP contribution is -2.38. The molecule has 0 rings (SSSR count). The second-order valence-electron chi connectivity index (χ2n) is 2.05. The summed E-state index contributed by atoms with van der Waals surface area (Å²) in [5.41, 5.74) is 0. The number of likely N-dealkylation sites (N-methyl/N-ethyl adjacent to an activating group) is 1. The maximum Gasteiger partial charge on any atom is 0.147 e. The van der Waals surface area contributed by atoms with E-state index in [4.69, 9.17) is 0 Å². The lowest BCUT2D eigenvalue weighted by atomic mass is 10.1. The number of rotatable bonds is 3. The highest BCUT2D eigenvalue weighted by molar-refractivity contribution is 14.1. The molecule has 0 bridgehead atoms. The smallest absolute Gasteiger partial charge is 0.147 e. The van der Waals surface area contributed by atoms with Crippen molar-refractivity contribution in [3.05, 3.63) is 0 Å². The number of carbonyl (C=O) groups excluding carboxylic acids is 1. The topological polar surface area (TPSA) is 29.1 Å². The first kappa shape index (κ1) is 9.36. The van der Waals surface area contributed by atoms with Gasteiger partial charge in [-0.25, -0.2) is 0 Å². The number of carbonyl (C=O) groups is 1. The van der Waals surface area contributed by atoms with E-state index < -0.39 is 0 Å². The molecule has 0 fully saturated rings. The molecule has 0 aromatic rings. The van der Waals surface area contributed by atoms with Gasteiger partial charge in [0, 0.05) is 3.92 Å². The summed E-state index contributed by atoms with van der Waals surface area (Å²) >= 11 is 2.24. The minimum absolute atomic E-state index is 0.0191. The van der Waals surface area contributed by atoms with Gasteiger partial charge in [-0.05, 0) is 14.0 Å². The quantitative estimate of drug-likeness (QED) is 0.589. The van der Waals surface area contributed by atoms with Crippen LogP contribution in [0.2, 0.25) is 0 Å². The molecule has 0 saturated carbocycles. The minimum Gasteiger partial charge on any atom is -0.310 e. The monoisotopic (exact) mass is 241 g/mol. The minimum atomic E-state index is 0.0191. The number of Topliss-reactive ketones (excluding diaryl/α,β-unsaturated/α-hetero) is 1. The summed E-state index contributed by atoms with van der Waals surface area (Å²) in [7, 11) is 1.81. The molecule has 0 aromatic heterocycles. The Morgan fingerprint density at radius 1 is 1.67 bits per heavy atom. The lowest BCUT2D eigenvalue weighted by Gasteiger charge is -2.14. The fraction of sp³-hybridized carbons (Fsp3) is 0.833. The fourth-order valence-electron chi connectivity index (χ4n) is 0.756. The van der Waals surface area contributed by atoms with Crippen LogP contribution in [-0.4, -0.2) is 22.8 Å². The van der Waals surface area contributed by atoms with Gasteiger partial charge in [0.25, 0.3) is 0 Å². The highest BCUT2D eigenvalue weighted by Gasteiger charge is 2.15. The van der Waals surface area contributed by atoms with E-state index in [2.05, 4.69) is 27.9 Å². The van der Waals surface area contributed by atoms with Crippen molar-refractivity contribution in [1.29, 1.82) is 0 Å². The number of ketones is 1. The Balaban J connectivity index is 3.83. The number of hydrogen-bond donors (Lipinski definition) is 1. The van der Waals surface area contributed by atoms with Crippen LogP contribution >= 0.6 is 22.6 Å². The Morgan fingerprint density at radius 2 is 2.11 bits per heavy atom. The third-order valence-electron chi connectivity index (χ3n) is 1.21. The molecule has 0 aliphatic heterocycles. The normalized spacial score (nSPS) is 16.9. The van der Waals surface area contributed by atoms with Crippen LogP contribution in [0.1, 0.15) is 13.8 Å². The van der Waals surface area contributed by atoms with E-state index in [0.29, 0.717) is 3.92 Å². The fourth-order valence-corrected chi connectivity index (χ4v) is 1.62. The number of halogens is 1. The third kappa shape index (κ3) is 3.15. The number of alkyl halides is 1. The van der Waals surface area contributed by atoms with Crippen LogP contribution in [0.15, 0.2) is 0 Å². The molecule has 2 unspecified atom stereocenters. The van der Waals surface area contributed by atoms with Crippen molar-refractivity contribution in [1.82, 2.24) is 5.32 Å². The number of hydrogen-bond acceptors (Lipinski definition) is 2. The summed E-state index contributed by atoms with van der Waals surface area (Å²) in [6.45, 7) is 3.62. The standard InChI is InChI=1S/C6H12INO/c1-4(7)6(8-3)5(2)9/h4,6,8H,1-3H3. The molecule has 1 N–H and O–H groups in total. The molecule has 2 atom stereocenters. The van der Waals surface area contributed by atoms with Crippen LogP contribution in [0, 0.1) is 0 Å². The van der Waals surface area contributed by atoms with Gasteiger partial charge in [-0.3, -0.25) is 4.79 Å². The zero-order valence-corrected chi connectivity index (χ0v) is 8.10. The van der Waals surface area contributed by atoms with Crippen LogP contribution in [0.4, 0.5) is 0 Å². The molecule has 54 valence electrons. The van der Waals surface area contributed by atoms with Gasteiger partial charge >= 0.3 is 0 Å². The van der Waals surface area contributed by atoms with Crippen LogP contribution in [-0.2, 0) is 4.79 Å². The van der Waals surface area contributed by atoms with E-state index in [0.717, 1.165) is 0 Å². The van der Waals surface area contributed by atoms with E-state index in [1.165, 1.54) is 0 Å². The molecule has 0 radical (unpaired) electrons. The Hall–Kier alpha value is 0.360. The van der Waals surface area contributed by atoms with Crippen LogP contribution in [0.3, 0.4) is 0 Å². The molecule has 0 aromatic carbocycles. The molecule has 0 spiro atoms. The molecule has 0 amide bonds. The average Bonchev–Trinajstić information content (AvgIpc) is 1.64. The molecule has 0 aliphatic carbocycles. The SMILES string of the molecule is CNC(C(C)=O)C(C)I. The second-order valence-corrected chi connectivity index (χ2v) is 4.02. The highest BCUT2D eigenvalue weighted by Crippen LogP contribution is 2.04. The van der Waals surface area contributed by atoms with Gasteiger partial charge in [0.15, 0.2) is 0 Å². The van der Waals surface area contributed by atoms with E-state index in [1.54, 1.807) is 14.0 Å². The largest absolute Gasteiger partial charge is 0.310 e. The lowest BCUT2D eigenvalue weighted by molar-refractivity contribution is -0.118. The van der Waals surface area contributed by atoms with Crippen molar-refractivity contribution in [2.75, 3.05) is 7.05 Å². The van der Waals surface area contributed by atoms with E-state index >= 15 is 0 Å². The Morgan fingerprint density at radius 3 is 2.11 bits per heavy atom. The summed E-state index contributed by atoms with van der Waals surface area (Å²) in [4.78, 5) is 10.7. The van der Waals surface area contributed by atoms with Gasteiger partial charge in [-0.1, -0.05) is 29.5 Å². The number of nitrogens with one attached hydrogen (secondary N) is 1. The summed E-state index contributed by atoms with van der Waals surface area (Å²) in [6, 6.07) is 0.0191. The van der Waals surface area contributed by atoms with Crippen molar-refractivity contribution in [2.24, 2.45) is 0 Å². The maximum absolute atomic E-state index is 10.7. The van der Waals surface area contributed by atoms with Crippen molar-refractivity contribution < 1.29 is 4.79 Å². The van der Waals surface area contributed by atoms with Gasteiger partial charge < -0.3 is 5.32 Å². The molecule has 0 aliphatic rings. The molecule has 3 heteroatoms. The summed E-state index contributed by atoms with van der Waals surface area (Å²) in [5, 5.41) is 2.94. The zero-order valence-electron chi connectivity index (χ0n) is 5.94. The van der Waals surface area contributed by atoms with E-state index in [1.807, 2.05) is 6.92 Å². The van der Waals surface area contributed by atoms with Gasteiger partial charge in [0.05, 0.1) is 6.04 Å². The highest BCUT2D eigenvalue weighted by atomic mass is 127. The Bertz CT molecular complexity index is 103. The van der Waals surface area contributed by atoms with Crippen LogP contribution < -0.4 is 5.32 Å². The van der Waals surface area contributed by atoms with Crippen LogP contribution in [0.25, 0.3) is 0 Å². The van der Waals surface area contributed by atoms with Gasteiger partial charge in [0.2, 0.25) is 0 Å². The van der Waals surface area contributed by atoms with Crippen molar-refractivity contribution in [3.8, 4) is 0 Å². The maximum atomic E-state index is 10.7. The molecule has 9 heavy (non-hydrogen) atoms. The first-order valence-corrected chi connectivity index (χ1v) is 4.16. The molecule has 0 heterocycles. The first-order chi connectivity index (χ1) is 4.09. The Kier molecular flexibility index (Phi) is 4.39. The van der Waals surface area contributed by atoms with Gasteiger partial charge in [0.1, 0.15) is 5.78 Å². The summed E-state index contributed by atoms with van der Waals surface area (Å²) in [5.74, 6) is 0.208. The predicted molar refractivity (Wildman–Crippen MR) is 47.0 cm³/mol.